The molecule has 28 heavy (non-hydrogen) atoms. The molecule has 0 fully saturated rings. The van der Waals surface area contributed by atoms with E-state index in [2.05, 4.69) is 10.3 Å². The average molecular weight is 396 g/mol. The summed E-state index contributed by atoms with van der Waals surface area (Å²) in [5, 5.41) is 3.12. The predicted molar refractivity (Wildman–Crippen MR) is 106 cm³/mol. The van der Waals surface area contributed by atoms with Crippen molar-refractivity contribution in [1.82, 2.24) is 9.88 Å². The minimum absolute atomic E-state index is 0.131. The van der Waals surface area contributed by atoms with E-state index >= 15 is 0 Å². The van der Waals surface area contributed by atoms with E-state index in [1.54, 1.807) is 11.9 Å². The number of hydrogen-bond acceptors (Lipinski definition) is 4. The summed E-state index contributed by atoms with van der Waals surface area (Å²) in [6.07, 6.45) is 0. The molecule has 8 heteroatoms. The van der Waals surface area contributed by atoms with Crippen LogP contribution in [0.5, 0.6) is 0 Å². The summed E-state index contributed by atoms with van der Waals surface area (Å²) >= 11 is 1.32. The zero-order chi connectivity index (χ0) is 19.7. The molecular weight excluding hydrogens is 379 g/mol. The molecule has 1 N–H and O–H groups in total. The van der Waals surface area contributed by atoms with E-state index in [-0.39, 0.29) is 11.7 Å². The second-order valence-corrected chi connectivity index (χ2v) is 7.47. The highest BCUT2D eigenvalue weighted by molar-refractivity contribution is 7.16. The van der Waals surface area contributed by atoms with E-state index in [1.165, 1.54) is 40.5 Å². The first-order valence-corrected chi connectivity index (χ1v) is 9.46. The number of urea groups is 1. The zero-order valence-electron chi connectivity index (χ0n) is 15.1. The first kappa shape index (κ1) is 18.1. The summed E-state index contributed by atoms with van der Waals surface area (Å²) in [5.41, 5.74) is 1.94. The Morgan fingerprint density at radius 3 is 2.61 bits per heavy atom. The van der Waals surface area contributed by atoms with Gasteiger partial charge in [-0.2, -0.15) is 0 Å². The molecule has 4 rings (SSSR count). The molecule has 0 spiro atoms. The maximum absolute atomic E-state index is 13.0. The molecule has 1 aromatic heterocycles. The van der Waals surface area contributed by atoms with Gasteiger partial charge >= 0.3 is 6.03 Å². The Kier molecular flexibility index (Phi) is 4.79. The van der Waals surface area contributed by atoms with Gasteiger partial charge in [-0.1, -0.05) is 41.7 Å². The van der Waals surface area contributed by atoms with Crippen LogP contribution in [-0.4, -0.2) is 28.9 Å². The molecule has 0 radical (unpaired) electrons. The number of fused-ring (bicyclic) bond motifs is 1. The highest BCUT2D eigenvalue weighted by Gasteiger charge is 2.33. The van der Waals surface area contributed by atoms with Crippen LogP contribution < -0.4 is 10.2 Å². The SMILES string of the molecule is CN(C(=O)Nc1ccc(F)cc1)c1nc2c(s1)CN(Cc1ccccc1)C2=O. The number of anilines is 2. The molecule has 3 aromatic rings. The molecule has 142 valence electrons. The lowest BCUT2D eigenvalue weighted by Crippen LogP contribution is -2.31. The fraction of sp³-hybridized carbons (Fsp3) is 0.150. The maximum atomic E-state index is 13.0. The molecule has 2 aromatic carbocycles. The zero-order valence-corrected chi connectivity index (χ0v) is 15.9. The van der Waals surface area contributed by atoms with Crippen LogP contribution in [0.15, 0.2) is 54.6 Å². The van der Waals surface area contributed by atoms with Gasteiger partial charge in [-0.3, -0.25) is 9.69 Å². The average Bonchev–Trinajstić information content (AvgIpc) is 3.23. The summed E-state index contributed by atoms with van der Waals surface area (Å²) in [6, 6.07) is 14.9. The summed E-state index contributed by atoms with van der Waals surface area (Å²) in [6.45, 7) is 1.01. The monoisotopic (exact) mass is 396 g/mol. The molecule has 1 aliphatic heterocycles. The fourth-order valence-corrected chi connectivity index (χ4v) is 3.94. The molecule has 0 unspecified atom stereocenters. The van der Waals surface area contributed by atoms with Gasteiger partial charge in [0.2, 0.25) is 0 Å². The van der Waals surface area contributed by atoms with E-state index in [9.17, 15) is 14.0 Å². The molecule has 2 heterocycles. The predicted octanol–water partition coefficient (Wildman–Crippen LogP) is 4.11. The number of amides is 3. The van der Waals surface area contributed by atoms with E-state index < -0.39 is 6.03 Å². The van der Waals surface area contributed by atoms with Crippen LogP contribution in [0.3, 0.4) is 0 Å². The van der Waals surface area contributed by atoms with Crippen LogP contribution >= 0.6 is 11.3 Å². The van der Waals surface area contributed by atoms with Crippen molar-refractivity contribution in [3.8, 4) is 0 Å². The highest BCUT2D eigenvalue weighted by Crippen LogP contribution is 2.33. The Balaban J connectivity index is 1.44. The number of hydrogen-bond donors (Lipinski definition) is 1. The van der Waals surface area contributed by atoms with Crippen molar-refractivity contribution < 1.29 is 14.0 Å². The largest absolute Gasteiger partial charge is 0.328 e. The minimum Gasteiger partial charge on any atom is -0.328 e. The molecule has 0 atom stereocenters. The number of benzene rings is 2. The Morgan fingerprint density at radius 1 is 1.21 bits per heavy atom. The topological polar surface area (TPSA) is 65.5 Å². The van der Waals surface area contributed by atoms with Gasteiger partial charge in [-0.05, 0) is 29.8 Å². The summed E-state index contributed by atoms with van der Waals surface area (Å²) in [5.74, 6) is -0.505. The Bertz CT molecular complexity index is 1020. The van der Waals surface area contributed by atoms with E-state index in [0.29, 0.717) is 29.6 Å². The second kappa shape index (κ2) is 7.40. The van der Waals surface area contributed by atoms with Crippen molar-refractivity contribution in [1.29, 1.82) is 0 Å². The van der Waals surface area contributed by atoms with Crippen molar-refractivity contribution in [2.24, 2.45) is 0 Å². The fourth-order valence-electron chi connectivity index (χ4n) is 2.91. The third-order valence-corrected chi connectivity index (χ3v) is 5.53. The van der Waals surface area contributed by atoms with Crippen molar-refractivity contribution in [2.45, 2.75) is 13.1 Å². The van der Waals surface area contributed by atoms with Gasteiger partial charge in [-0.15, -0.1) is 0 Å². The third kappa shape index (κ3) is 3.59. The number of carbonyl (C=O) groups excluding carboxylic acids is 2. The minimum atomic E-state index is -0.410. The molecule has 6 nitrogen and oxygen atoms in total. The van der Waals surface area contributed by atoms with Gasteiger partial charge in [-0.25, -0.2) is 14.2 Å². The number of halogens is 1. The van der Waals surface area contributed by atoms with Crippen LogP contribution in [0.4, 0.5) is 20.0 Å². The van der Waals surface area contributed by atoms with Crippen LogP contribution in [-0.2, 0) is 13.1 Å². The highest BCUT2D eigenvalue weighted by atomic mass is 32.1. The normalized spacial score (nSPS) is 12.8. The van der Waals surface area contributed by atoms with Gasteiger partial charge in [0.15, 0.2) is 5.13 Å². The van der Waals surface area contributed by atoms with Gasteiger partial charge in [0, 0.05) is 19.3 Å². The molecule has 0 saturated carbocycles. The molecule has 1 aliphatic rings. The van der Waals surface area contributed by atoms with Gasteiger partial charge in [0.25, 0.3) is 5.91 Å². The molecule has 0 saturated heterocycles. The number of nitrogens with one attached hydrogen (secondary N) is 1. The van der Waals surface area contributed by atoms with Crippen LogP contribution in [0.1, 0.15) is 20.9 Å². The van der Waals surface area contributed by atoms with E-state index in [1.807, 2.05) is 30.3 Å². The second-order valence-electron chi connectivity index (χ2n) is 6.41. The van der Waals surface area contributed by atoms with Crippen molar-refractivity contribution >= 4 is 34.1 Å². The molecule has 0 aliphatic carbocycles. The molecule has 0 bridgehead atoms. The lowest BCUT2D eigenvalue weighted by atomic mass is 10.2. The number of rotatable bonds is 4. The Hall–Kier alpha value is -3.26. The number of aromatic nitrogens is 1. The lowest BCUT2D eigenvalue weighted by molar-refractivity contribution is 0.0762. The summed E-state index contributed by atoms with van der Waals surface area (Å²) in [7, 11) is 1.58. The number of carbonyl (C=O) groups is 2. The molecular formula is C20H17FN4O2S. The lowest BCUT2D eigenvalue weighted by Gasteiger charge is -2.17. The summed E-state index contributed by atoms with van der Waals surface area (Å²) in [4.78, 5) is 33.4. The Labute approximate surface area is 165 Å². The van der Waals surface area contributed by atoms with Gasteiger partial charge < -0.3 is 10.2 Å². The van der Waals surface area contributed by atoms with Gasteiger partial charge in [0.05, 0.1) is 11.4 Å². The number of nitrogens with zero attached hydrogens (tertiary/aromatic N) is 3. The van der Waals surface area contributed by atoms with Crippen molar-refractivity contribution in [3.05, 3.63) is 76.5 Å². The quantitative estimate of drug-likeness (QED) is 0.722. The van der Waals surface area contributed by atoms with Crippen molar-refractivity contribution in [2.75, 3.05) is 17.3 Å². The van der Waals surface area contributed by atoms with Crippen LogP contribution in [0.2, 0.25) is 0 Å². The maximum Gasteiger partial charge on any atom is 0.327 e. The number of thiazole rings is 1. The standard InChI is InChI=1S/C20H17FN4O2S/c1-24(19(27)22-15-9-7-14(21)8-10-15)20-23-17-16(28-20)12-25(18(17)26)11-13-5-3-2-4-6-13/h2-10H,11-12H2,1H3,(H,22,27). The molecule has 3 amide bonds. The van der Waals surface area contributed by atoms with Gasteiger partial charge in [0.1, 0.15) is 11.5 Å². The first-order chi connectivity index (χ1) is 13.5. The van der Waals surface area contributed by atoms with Crippen molar-refractivity contribution in [3.63, 3.8) is 0 Å². The first-order valence-electron chi connectivity index (χ1n) is 8.64. The smallest absolute Gasteiger partial charge is 0.327 e. The van der Waals surface area contributed by atoms with Crippen LogP contribution in [0.25, 0.3) is 0 Å². The third-order valence-electron chi connectivity index (χ3n) is 4.41. The van der Waals surface area contributed by atoms with E-state index in [4.69, 9.17) is 0 Å². The van der Waals surface area contributed by atoms with E-state index in [0.717, 1.165) is 10.4 Å². The van der Waals surface area contributed by atoms with Crippen LogP contribution in [0, 0.1) is 5.82 Å². The summed E-state index contributed by atoms with van der Waals surface area (Å²) < 4.78 is 13.0. The Morgan fingerprint density at radius 2 is 1.93 bits per heavy atom.